The second-order valence-electron chi connectivity index (χ2n) is 5.32. The van der Waals surface area contributed by atoms with Gasteiger partial charge < -0.3 is 14.2 Å². The van der Waals surface area contributed by atoms with Crippen molar-refractivity contribution in [3.8, 4) is 0 Å². The minimum atomic E-state index is -0.687. The van der Waals surface area contributed by atoms with E-state index in [1.807, 2.05) is 20.8 Å². The molecule has 0 aliphatic carbocycles. The second-order valence-corrected chi connectivity index (χ2v) is 5.32. The fourth-order valence-corrected chi connectivity index (χ4v) is 1.52. The summed E-state index contributed by atoms with van der Waals surface area (Å²) in [4.78, 5) is 11.2. The molecule has 1 aromatic rings. The normalized spacial score (nSPS) is 11.4. The Hall–Kier alpha value is -1.46. The smallest absolute Gasteiger partial charge is 0.340 e. The first-order valence-electron chi connectivity index (χ1n) is 6.42. The molecule has 5 heteroatoms. The zero-order valence-electron chi connectivity index (χ0n) is 12.4. The number of carbonyl (C=O) groups excluding carboxylic acids is 1. The molecule has 0 bridgehead atoms. The lowest BCUT2D eigenvalue weighted by atomic mass is 10.1. The Bertz CT molecular complexity index is 452. The van der Waals surface area contributed by atoms with Gasteiger partial charge in [-0.15, -0.1) is 0 Å². The quantitative estimate of drug-likeness (QED) is 0.595. The summed E-state index contributed by atoms with van der Waals surface area (Å²) in [5.74, 6) is -1.29. The topological polar surface area (TPSA) is 44.8 Å². The summed E-state index contributed by atoms with van der Waals surface area (Å²) in [6, 6.07) is 4.31. The monoisotopic (exact) mass is 284 g/mol. The predicted octanol–water partition coefficient (Wildman–Crippen LogP) is 2.94. The lowest BCUT2D eigenvalue weighted by Crippen LogP contribution is -2.21. The first kappa shape index (κ1) is 16.6. The van der Waals surface area contributed by atoms with Crippen molar-refractivity contribution < 1.29 is 23.4 Å². The Balaban J connectivity index is 2.42. The van der Waals surface area contributed by atoms with E-state index in [0.717, 1.165) is 0 Å². The van der Waals surface area contributed by atoms with Gasteiger partial charge in [0.1, 0.15) is 5.82 Å². The van der Waals surface area contributed by atoms with Crippen LogP contribution < -0.4 is 0 Å². The van der Waals surface area contributed by atoms with Crippen LogP contribution in [0.3, 0.4) is 0 Å². The first-order chi connectivity index (χ1) is 9.33. The largest absolute Gasteiger partial charge is 0.465 e. The summed E-state index contributed by atoms with van der Waals surface area (Å²) in [5, 5.41) is 0. The van der Waals surface area contributed by atoms with E-state index in [4.69, 9.17) is 9.47 Å². The number of esters is 1. The van der Waals surface area contributed by atoms with Crippen LogP contribution in [0.4, 0.5) is 4.39 Å². The van der Waals surface area contributed by atoms with Crippen molar-refractivity contribution >= 4 is 5.97 Å². The lowest BCUT2D eigenvalue weighted by Gasteiger charge is -2.19. The van der Waals surface area contributed by atoms with Crippen molar-refractivity contribution in [2.24, 2.45) is 0 Å². The Morgan fingerprint density at radius 1 is 1.25 bits per heavy atom. The number of hydrogen-bond acceptors (Lipinski definition) is 4. The van der Waals surface area contributed by atoms with Crippen LogP contribution in [0, 0.1) is 5.82 Å². The van der Waals surface area contributed by atoms with Gasteiger partial charge in [-0.25, -0.2) is 9.18 Å². The molecule has 0 N–H and O–H groups in total. The number of methoxy groups -OCH3 is 1. The third kappa shape index (κ3) is 5.67. The molecule has 0 aromatic heterocycles. The van der Waals surface area contributed by atoms with Gasteiger partial charge in [-0.1, -0.05) is 6.07 Å². The molecule has 0 fully saturated rings. The van der Waals surface area contributed by atoms with Gasteiger partial charge in [0.15, 0.2) is 0 Å². The Labute approximate surface area is 118 Å². The number of hydrogen-bond donors (Lipinski definition) is 0. The Morgan fingerprint density at radius 3 is 2.50 bits per heavy atom. The van der Waals surface area contributed by atoms with E-state index in [1.54, 1.807) is 6.07 Å². The van der Waals surface area contributed by atoms with Gasteiger partial charge in [-0.05, 0) is 38.5 Å². The van der Waals surface area contributed by atoms with Crippen LogP contribution in [0.5, 0.6) is 0 Å². The molecule has 1 aromatic carbocycles. The van der Waals surface area contributed by atoms with E-state index in [-0.39, 0.29) is 17.8 Å². The lowest BCUT2D eigenvalue weighted by molar-refractivity contribution is -0.0377. The molecule has 0 heterocycles. The molecule has 0 unspecified atom stereocenters. The maximum atomic E-state index is 13.6. The summed E-state index contributed by atoms with van der Waals surface area (Å²) in [7, 11) is 1.22. The summed E-state index contributed by atoms with van der Waals surface area (Å²) < 4.78 is 29.0. The van der Waals surface area contributed by atoms with Gasteiger partial charge in [0.2, 0.25) is 0 Å². The van der Waals surface area contributed by atoms with Crippen LogP contribution in [-0.2, 0) is 20.8 Å². The molecule has 4 nitrogen and oxygen atoms in total. The van der Waals surface area contributed by atoms with Crippen molar-refractivity contribution in [2.75, 3.05) is 20.3 Å². The highest BCUT2D eigenvalue weighted by Gasteiger charge is 2.12. The fraction of sp³-hybridized carbons (Fsp3) is 0.533. The van der Waals surface area contributed by atoms with Gasteiger partial charge >= 0.3 is 5.97 Å². The predicted molar refractivity (Wildman–Crippen MR) is 73.1 cm³/mol. The summed E-state index contributed by atoms with van der Waals surface area (Å²) >= 11 is 0. The number of halogens is 1. The third-order valence-electron chi connectivity index (χ3n) is 2.47. The van der Waals surface area contributed by atoms with Gasteiger partial charge in [0.05, 0.1) is 38.1 Å². The van der Waals surface area contributed by atoms with Crippen molar-refractivity contribution in [1.82, 2.24) is 0 Å². The van der Waals surface area contributed by atoms with Gasteiger partial charge in [0.25, 0.3) is 0 Å². The molecule has 0 amide bonds. The fourth-order valence-electron chi connectivity index (χ4n) is 1.52. The van der Waals surface area contributed by atoms with Crippen molar-refractivity contribution in [3.63, 3.8) is 0 Å². The molecule has 112 valence electrons. The molecule has 0 radical (unpaired) electrons. The number of ether oxygens (including phenoxy) is 3. The van der Waals surface area contributed by atoms with Gasteiger partial charge in [-0.2, -0.15) is 0 Å². The van der Waals surface area contributed by atoms with Crippen molar-refractivity contribution in [3.05, 3.63) is 35.1 Å². The van der Waals surface area contributed by atoms with Crippen molar-refractivity contribution in [2.45, 2.75) is 33.0 Å². The SMILES string of the molecule is COC(=O)c1ccc(COCCOC(C)(C)C)cc1F. The second kappa shape index (κ2) is 7.36. The molecule has 0 saturated heterocycles. The Kier molecular flexibility index (Phi) is 6.10. The van der Waals surface area contributed by atoms with Crippen LogP contribution >= 0.6 is 0 Å². The molecule has 0 saturated carbocycles. The molecule has 1 rings (SSSR count). The standard InChI is InChI=1S/C15H21FO4/c1-15(2,3)20-8-7-19-10-11-5-6-12(13(16)9-11)14(17)18-4/h5-6,9H,7-8,10H2,1-4H3. The average Bonchev–Trinajstić information content (AvgIpc) is 2.36. The summed E-state index contributed by atoms with van der Waals surface area (Å²) in [6.07, 6.45) is 0. The maximum absolute atomic E-state index is 13.6. The van der Waals surface area contributed by atoms with Crippen LogP contribution in [0.2, 0.25) is 0 Å². The highest BCUT2D eigenvalue weighted by atomic mass is 19.1. The minimum Gasteiger partial charge on any atom is -0.465 e. The molecule has 0 aliphatic heterocycles. The van der Waals surface area contributed by atoms with Crippen molar-refractivity contribution in [1.29, 1.82) is 0 Å². The molecular weight excluding hydrogens is 263 g/mol. The minimum absolute atomic E-state index is 0.0766. The molecular formula is C15H21FO4. The highest BCUT2D eigenvalue weighted by molar-refractivity contribution is 5.89. The number of carbonyl (C=O) groups is 1. The van der Waals surface area contributed by atoms with E-state index in [2.05, 4.69) is 4.74 Å². The Morgan fingerprint density at radius 2 is 1.95 bits per heavy atom. The number of benzene rings is 1. The summed E-state index contributed by atoms with van der Waals surface area (Å²) in [5.41, 5.74) is 0.385. The van der Waals surface area contributed by atoms with Crippen LogP contribution in [0.25, 0.3) is 0 Å². The van der Waals surface area contributed by atoms with Gasteiger partial charge in [0, 0.05) is 0 Å². The molecule has 0 spiro atoms. The van der Waals surface area contributed by atoms with Gasteiger partial charge in [-0.3, -0.25) is 0 Å². The average molecular weight is 284 g/mol. The van der Waals surface area contributed by atoms with Crippen LogP contribution in [-0.4, -0.2) is 31.9 Å². The van der Waals surface area contributed by atoms with E-state index >= 15 is 0 Å². The van der Waals surface area contributed by atoms with E-state index in [0.29, 0.717) is 18.8 Å². The third-order valence-corrected chi connectivity index (χ3v) is 2.47. The van der Waals surface area contributed by atoms with E-state index < -0.39 is 11.8 Å². The van der Waals surface area contributed by atoms with Crippen LogP contribution in [0.1, 0.15) is 36.7 Å². The zero-order valence-corrected chi connectivity index (χ0v) is 12.4. The highest BCUT2D eigenvalue weighted by Crippen LogP contribution is 2.12. The molecule has 0 atom stereocenters. The van der Waals surface area contributed by atoms with E-state index in [1.165, 1.54) is 19.2 Å². The van der Waals surface area contributed by atoms with Crippen LogP contribution in [0.15, 0.2) is 18.2 Å². The maximum Gasteiger partial charge on any atom is 0.340 e. The van der Waals surface area contributed by atoms with E-state index in [9.17, 15) is 9.18 Å². The number of rotatable bonds is 6. The molecule has 20 heavy (non-hydrogen) atoms. The molecule has 0 aliphatic rings. The first-order valence-corrected chi connectivity index (χ1v) is 6.42. The summed E-state index contributed by atoms with van der Waals surface area (Å²) in [6.45, 7) is 7.07. The zero-order chi connectivity index (χ0) is 15.2.